The molecule has 0 heterocycles. The van der Waals surface area contributed by atoms with E-state index in [0.717, 1.165) is 22.9 Å². The number of hydrogen-bond donors (Lipinski definition) is 1. The van der Waals surface area contributed by atoms with Crippen molar-refractivity contribution in [3.63, 3.8) is 0 Å². The number of nitrogens with one attached hydrogen (secondary N) is 1. The minimum atomic E-state index is -0.195. The molecule has 0 amide bonds. The van der Waals surface area contributed by atoms with E-state index in [9.17, 15) is 0 Å². The van der Waals surface area contributed by atoms with Crippen molar-refractivity contribution < 1.29 is 0 Å². The first-order chi connectivity index (χ1) is 11.4. The van der Waals surface area contributed by atoms with Crippen molar-refractivity contribution in [3.05, 3.63) is 69.7 Å². The predicted octanol–water partition coefficient (Wildman–Crippen LogP) is 6.79. The summed E-state index contributed by atoms with van der Waals surface area (Å²) >= 11 is 12.4. The van der Waals surface area contributed by atoms with Gasteiger partial charge in [-0.15, -0.1) is 0 Å². The molecule has 0 unspecified atom stereocenters. The van der Waals surface area contributed by atoms with Crippen LogP contribution in [0.25, 0.3) is 0 Å². The smallest absolute Gasteiger partial charge is 0.0477 e. The topological polar surface area (TPSA) is 12.0 Å². The lowest BCUT2D eigenvalue weighted by molar-refractivity contribution is 0.261. The highest BCUT2D eigenvalue weighted by atomic mass is 35.5. The van der Waals surface area contributed by atoms with Crippen LogP contribution in [-0.4, -0.2) is 6.04 Å². The summed E-state index contributed by atoms with van der Waals surface area (Å²) in [5.74, 6) is 0.324. The van der Waals surface area contributed by atoms with Gasteiger partial charge in [-0.3, -0.25) is 0 Å². The Labute approximate surface area is 156 Å². The van der Waals surface area contributed by atoms with E-state index in [0.29, 0.717) is 12.0 Å². The summed E-state index contributed by atoms with van der Waals surface area (Å²) in [4.78, 5) is 0. The number of rotatable bonds is 7. The number of benzene rings is 2. The predicted molar refractivity (Wildman–Crippen MR) is 106 cm³/mol. The molecule has 0 spiro atoms. The standard InChI is InChI=1S/C21H27Cl2N/c1-5-7-20(16-8-6-9-19(23)14-16)21(4,24-15(2)3)17-10-12-18(22)13-11-17/h6,8-15,20,24H,5,7H2,1-4H3/t20-,21-/m1/s1. The largest absolute Gasteiger partial charge is 0.305 e. The highest BCUT2D eigenvalue weighted by Gasteiger charge is 2.36. The molecule has 0 bridgehead atoms. The summed E-state index contributed by atoms with van der Waals surface area (Å²) in [5.41, 5.74) is 2.33. The highest BCUT2D eigenvalue weighted by molar-refractivity contribution is 6.30. The van der Waals surface area contributed by atoms with Crippen molar-refractivity contribution in [3.8, 4) is 0 Å². The zero-order valence-corrected chi connectivity index (χ0v) is 16.5. The molecule has 0 saturated heterocycles. The molecule has 0 aliphatic rings. The zero-order valence-electron chi connectivity index (χ0n) is 14.9. The van der Waals surface area contributed by atoms with Crippen LogP contribution >= 0.6 is 23.2 Å². The molecule has 0 radical (unpaired) electrons. The Kier molecular flexibility index (Phi) is 6.74. The minimum Gasteiger partial charge on any atom is -0.305 e. The molecule has 130 valence electrons. The first-order valence-corrected chi connectivity index (χ1v) is 9.41. The van der Waals surface area contributed by atoms with Gasteiger partial charge >= 0.3 is 0 Å². The van der Waals surface area contributed by atoms with Gasteiger partial charge in [-0.1, -0.05) is 74.7 Å². The van der Waals surface area contributed by atoms with E-state index >= 15 is 0 Å². The Morgan fingerprint density at radius 1 is 1.00 bits per heavy atom. The van der Waals surface area contributed by atoms with E-state index in [1.165, 1.54) is 11.1 Å². The van der Waals surface area contributed by atoms with E-state index in [4.69, 9.17) is 23.2 Å². The molecule has 1 N–H and O–H groups in total. The molecular weight excluding hydrogens is 337 g/mol. The fraction of sp³-hybridized carbons (Fsp3) is 0.429. The molecule has 3 heteroatoms. The quantitative estimate of drug-likeness (QED) is 0.570. The maximum absolute atomic E-state index is 6.27. The van der Waals surface area contributed by atoms with Gasteiger partial charge in [-0.05, 0) is 48.7 Å². The van der Waals surface area contributed by atoms with Gasteiger partial charge in [0.15, 0.2) is 0 Å². The lowest BCUT2D eigenvalue weighted by Gasteiger charge is -2.41. The van der Waals surface area contributed by atoms with Crippen LogP contribution in [0.3, 0.4) is 0 Å². The lowest BCUT2D eigenvalue weighted by Crippen LogP contribution is -2.48. The molecule has 2 aromatic rings. The molecule has 0 aliphatic heterocycles. The van der Waals surface area contributed by atoms with E-state index in [1.54, 1.807) is 0 Å². The van der Waals surface area contributed by atoms with E-state index in [-0.39, 0.29) is 5.54 Å². The summed E-state index contributed by atoms with van der Waals surface area (Å²) in [6, 6.07) is 16.8. The van der Waals surface area contributed by atoms with Crippen LogP contribution in [0, 0.1) is 0 Å². The van der Waals surface area contributed by atoms with E-state index in [2.05, 4.69) is 57.3 Å². The fourth-order valence-corrected chi connectivity index (χ4v) is 3.91. The van der Waals surface area contributed by atoms with Crippen LogP contribution in [0.4, 0.5) is 0 Å². The van der Waals surface area contributed by atoms with Gasteiger partial charge in [0.05, 0.1) is 0 Å². The normalized spacial score (nSPS) is 15.3. The maximum atomic E-state index is 6.27. The molecule has 0 aliphatic carbocycles. The Hall–Kier alpha value is -1.02. The van der Waals surface area contributed by atoms with Crippen molar-refractivity contribution in [1.82, 2.24) is 5.32 Å². The highest BCUT2D eigenvalue weighted by Crippen LogP contribution is 2.41. The van der Waals surface area contributed by atoms with Crippen molar-refractivity contribution >= 4 is 23.2 Å². The van der Waals surface area contributed by atoms with Gasteiger partial charge in [0.2, 0.25) is 0 Å². The average molecular weight is 364 g/mol. The van der Waals surface area contributed by atoms with Gasteiger partial charge in [0.25, 0.3) is 0 Å². The molecular formula is C21H27Cl2N. The van der Waals surface area contributed by atoms with E-state index < -0.39 is 0 Å². The van der Waals surface area contributed by atoms with Gasteiger partial charge < -0.3 is 5.32 Å². The summed E-state index contributed by atoms with van der Waals surface area (Å²) < 4.78 is 0. The third-order valence-electron chi connectivity index (χ3n) is 4.56. The monoisotopic (exact) mass is 363 g/mol. The van der Waals surface area contributed by atoms with Crippen molar-refractivity contribution in [2.24, 2.45) is 0 Å². The Bertz CT molecular complexity index is 651. The molecule has 2 atom stereocenters. The Morgan fingerprint density at radius 3 is 2.21 bits per heavy atom. The lowest BCUT2D eigenvalue weighted by atomic mass is 9.73. The third-order valence-corrected chi connectivity index (χ3v) is 5.04. The van der Waals surface area contributed by atoms with Crippen LogP contribution < -0.4 is 5.32 Å². The van der Waals surface area contributed by atoms with Crippen molar-refractivity contribution in [2.45, 2.75) is 58.0 Å². The number of hydrogen-bond acceptors (Lipinski definition) is 1. The fourth-order valence-electron chi connectivity index (χ4n) is 3.58. The Morgan fingerprint density at radius 2 is 1.67 bits per heavy atom. The van der Waals surface area contributed by atoms with Gasteiger partial charge in [-0.2, -0.15) is 0 Å². The first kappa shape index (κ1) is 19.3. The van der Waals surface area contributed by atoms with Crippen molar-refractivity contribution in [2.75, 3.05) is 0 Å². The summed E-state index contributed by atoms with van der Waals surface area (Å²) in [7, 11) is 0. The van der Waals surface area contributed by atoms with Gasteiger partial charge in [0.1, 0.15) is 0 Å². The SMILES string of the molecule is CCC[C@H](c1cccc(Cl)c1)[C@](C)(NC(C)C)c1ccc(Cl)cc1. The minimum absolute atomic E-state index is 0.195. The van der Waals surface area contributed by atoms with Crippen LogP contribution in [0.2, 0.25) is 10.0 Å². The summed E-state index contributed by atoms with van der Waals surface area (Å²) in [5, 5.41) is 5.36. The van der Waals surface area contributed by atoms with E-state index in [1.807, 2.05) is 24.3 Å². The number of halogens is 2. The summed E-state index contributed by atoms with van der Waals surface area (Å²) in [6.45, 7) is 8.90. The van der Waals surface area contributed by atoms with Crippen LogP contribution in [0.5, 0.6) is 0 Å². The van der Waals surface area contributed by atoms with Crippen LogP contribution in [0.15, 0.2) is 48.5 Å². The molecule has 2 rings (SSSR count). The summed E-state index contributed by atoms with van der Waals surface area (Å²) in [6.07, 6.45) is 2.19. The van der Waals surface area contributed by atoms with Gasteiger partial charge in [-0.25, -0.2) is 0 Å². The van der Waals surface area contributed by atoms with Gasteiger partial charge in [0, 0.05) is 27.5 Å². The molecule has 1 nitrogen and oxygen atoms in total. The third kappa shape index (κ3) is 4.53. The molecule has 0 fully saturated rings. The van der Waals surface area contributed by atoms with Crippen LogP contribution in [-0.2, 0) is 5.54 Å². The second-order valence-electron chi connectivity index (χ2n) is 6.90. The Balaban J connectivity index is 2.54. The molecule has 2 aromatic carbocycles. The molecule has 0 aromatic heterocycles. The van der Waals surface area contributed by atoms with Crippen LogP contribution in [0.1, 0.15) is 57.6 Å². The first-order valence-electron chi connectivity index (χ1n) is 8.66. The van der Waals surface area contributed by atoms with Crippen molar-refractivity contribution in [1.29, 1.82) is 0 Å². The second-order valence-corrected chi connectivity index (χ2v) is 7.78. The maximum Gasteiger partial charge on any atom is 0.0477 e. The average Bonchev–Trinajstić information content (AvgIpc) is 2.52. The second kappa shape index (κ2) is 8.38. The molecule has 0 saturated carbocycles. The molecule has 24 heavy (non-hydrogen) atoms. The zero-order chi connectivity index (χ0) is 17.7.